The summed E-state index contributed by atoms with van der Waals surface area (Å²) in [7, 11) is -3.56. The van der Waals surface area contributed by atoms with E-state index in [9.17, 15) is 18.0 Å². The zero-order chi connectivity index (χ0) is 21.6. The maximum absolute atomic E-state index is 12.8. The lowest BCUT2D eigenvalue weighted by atomic mass is 9.86. The number of nitrogens with one attached hydrogen (secondary N) is 1. The summed E-state index contributed by atoms with van der Waals surface area (Å²) in [5.74, 6) is -0.514. The van der Waals surface area contributed by atoms with Gasteiger partial charge in [0.1, 0.15) is 0 Å². The van der Waals surface area contributed by atoms with Crippen molar-refractivity contribution in [2.45, 2.75) is 69.2 Å². The minimum absolute atomic E-state index is 0.133. The van der Waals surface area contributed by atoms with Gasteiger partial charge in [0.2, 0.25) is 10.0 Å². The van der Waals surface area contributed by atoms with Crippen molar-refractivity contribution in [1.29, 1.82) is 0 Å². The summed E-state index contributed by atoms with van der Waals surface area (Å²) in [6.07, 6.45) is 8.16. The van der Waals surface area contributed by atoms with E-state index < -0.39 is 16.0 Å². The number of hydrogen-bond acceptors (Lipinski definition) is 5. The third-order valence-corrected chi connectivity index (χ3v) is 8.00. The largest absolute Gasteiger partial charge is 0.452 e. The van der Waals surface area contributed by atoms with Crippen molar-refractivity contribution in [3.63, 3.8) is 0 Å². The number of sulfonamides is 1. The number of carbonyl (C=O) groups excluding carboxylic acids is 2. The summed E-state index contributed by atoms with van der Waals surface area (Å²) in [5.41, 5.74) is 0.226. The molecule has 1 aromatic rings. The molecule has 166 valence electrons. The molecule has 8 heteroatoms. The van der Waals surface area contributed by atoms with Crippen LogP contribution in [-0.4, -0.2) is 50.3 Å². The van der Waals surface area contributed by atoms with Crippen LogP contribution in [0.25, 0.3) is 0 Å². The van der Waals surface area contributed by atoms with Crippen molar-refractivity contribution < 1.29 is 22.7 Å². The highest BCUT2D eigenvalue weighted by molar-refractivity contribution is 7.89. The summed E-state index contributed by atoms with van der Waals surface area (Å²) < 4.78 is 32.2. The Balaban J connectivity index is 1.53. The van der Waals surface area contributed by atoms with E-state index >= 15 is 0 Å². The van der Waals surface area contributed by atoms with Gasteiger partial charge in [-0.25, -0.2) is 13.2 Å². The maximum atomic E-state index is 12.8. The lowest BCUT2D eigenvalue weighted by molar-refractivity contribution is -0.125. The fourth-order valence-electron chi connectivity index (χ4n) is 4.19. The van der Waals surface area contributed by atoms with Crippen molar-refractivity contribution in [3.8, 4) is 0 Å². The third-order valence-electron chi connectivity index (χ3n) is 6.09. The van der Waals surface area contributed by atoms with Crippen molar-refractivity contribution in [3.05, 3.63) is 29.8 Å². The maximum Gasteiger partial charge on any atom is 0.338 e. The smallest absolute Gasteiger partial charge is 0.338 e. The molecule has 2 fully saturated rings. The van der Waals surface area contributed by atoms with Gasteiger partial charge in [-0.1, -0.05) is 32.6 Å². The Hall–Kier alpha value is -1.93. The molecule has 1 saturated carbocycles. The van der Waals surface area contributed by atoms with Crippen LogP contribution in [0.5, 0.6) is 0 Å². The first-order valence-electron chi connectivity index (χ1n) is 10.9. The topological polar surface area (TPSA) is 92.8 Å². The van der Waals surface area contributed by atoms with E-state index in [4.69, 9.17) is 4.74 Å². The second kappa shape index (κ2) is 10.4. The number of benzene rings is 1. The highest BCUT2D eigenvalue weighted by Gasteiger charge is 2.26. The molecule has 1 aromatic carbocycles. The Labute approximate surface area is 179 Å². The highest BCUT2D eigenvalue weighted by Crippen LogP contribution is 2.24. The third kappa shape index (κ3) is 5.82. The van der Waals surface area contributed by atoms with Gasteiger partial charge in [-0.05, 0) is 55.9 Å². The number of amides is 1. The van der Waals surface area contributed by atoms with Crippen molar-refractivity contribution in [1.82, 2.24) is 9.62 Å². The molecule has 1 N–H and O–H groups in total. The van der Waals surface area contributed by atoms with E-state index in [1.54, 1.807) is 0 Å². The number of carbonyl (C=O) groups is 2. The standard InChI is InChI=1S/C22H32N2O5S/c1-17-8-4-5-9-20(17)23-21(25)16-29-22(26)18-10-12-19(13-11-18)30(27,28)24-14-6-2-3-7-15-24/h10-13,17,20H,2-9,14-16H2,1H3,(H,23,25). The first-order valence-corrected chi connectivity index (χ1v) is 12.4. The molecule has 2 unspecified atom stereocenters. The molecule has 0 spiro atoms. The SMILES string of the molecule is CC1CCCCC1NC(=O)COC(=O)c1ccc(S(=O)(=O)N2CCCCCC2)cc1. The first kappa shape index (κ1) is 22.7. The van der Waals surface area contributed by atoms with Gasteiger partial charge in [0, 0.05) is 19.1 Å². The van der Waals surface area contributed by atoms with Crippen LogP contribution >= 0.6 is 0 Å². The Bertz CT molecular complexity index is 830. The molecule has 2 atom stereocenters. The summed E-state index contributed by atoms with van der Waals surface area (Å²) in [6.45, 7) is 2.84. The van der Waals surface area contributed by atoms with Crippen LogP contribution in [0.3, 0.4) is 0 Å². The molecule has 7 nitrogen and oxygen atoms in total. The van der Waals surface area contributed by atoms with Gasteiger partial charge >= 0.3 is 5.97 Å². The minimum Gasteiger partial charge on any atom is -0.452 e. The molecule has 1 heterocycles. The summed E-state index contributed by atoms with van der Waals surface area (Å²) in [5, 5.41) is 2.94. The molecule has 30 heavy (non-hydrogen) atoms. The van der Waals surface area contributed by atoms with Gasteiger partial charge in [-0.15, -0.1) is 0 Å². The quantitative estimate of drug-likeness (QED) is 0.692. The number of rotatable bonds is 6. The predicted octanol–water partition coefficient (Wildman–Crippen LogP) is 3.10. The van der Waals surface area contributed by atoms with Gasteiger partial charge in [-0.3, -0.25) is 4.79 Å². The molecule has 1 aliphatic heterocycles. The number of nitrogens with zero attached hydrogens (tertiary/aromatic N) is 1. The van der Waals surface area contributed by atoms with Crippen molar-refractivity contribution >= 4 is 21.9 Å². The van der Waals surface area contributed by atoms with E-state index in [0.29, 0.717) is 19.0 Å². The minimum atomic E-state index is -3.56. The molecular formula is C22H32N2O5S. The fraction of sp³-hybridized carbons (Fsp3) is 0.636. The van der Waals surface area contributed by atoms with Crippen LogP contribution in [0, 0.1) is 5.92 Å². The van der Waals surface area contributed by atoms with E-state index in [1.165, 1.54) is 35.0 Å². The summed E-state index contributed by atoms with van der Waals surface area (Å²) >= 11 is 0. The normalized spacial score (nSPS) is 23.4. The number of esters is 1. The fourth-order valence-corrected chi connectivity index (χ4v) is 5.70. The number of ether oxygens (including phenoxy) is 1. The lowest BCUT2D eigenvalue weighted by Gasteiger charge is -2.29. The Morgan fingerprint density at radius 3 is 2.27 bits per heavy atom. The predicted molar refractivity (Wildman–Crippen MR) is 114 cm³/mol. The van der Waals surface area contributed by atoms with Gasteiger partial charge < -0.3 is 10.1 Å². The van der Waals surface area contributed by atoms with Crippen LogP contribution < -0.4 is 5.32 Å². The van der Waals surface area contributed by atoms with Crippen LogP contribution in [-0.2, 0) is 19.6 Å². The summed E-state index contributed by atoms with van der Waals surface area (Å²) in [4.78, 5) is 24.5. The second-order valence-electron chi connectivity index (χ2n) is 8.35. The molecule has 0 aromatic heterocycles. The van der Waals surface area contributed by atoms with Gasteiger partial charge in [0.05, 0.1) is 10.5 Å². The molecule has 0 radical (unpaired) electrons. The molecule has 1 aliphatic carbocycles. The molecule has 0 bridgehead atoms. The van der Waals surface area contributed by atoms with Crippen molar-refractivity contribution in [2.24, 2.45) is 5.92 Å². The zero-order valence-corrected chi connectivity index (χ0v) is 18.5. The first-order chi connectivity index (χ1) is 14.4. The molecule has 1 amide bonds. The second-order valence-corrected chi connectivity index (χ2v) is 10.3. The van der Waals surface area contributed by atoms with Crippen LogP contribution in [0.1, 0.15) is 68.6 Å². The Morgan fingerprint density at radius 1 is 1.00 bits per heavy atom. The monoisotopic (exact) mass is 436 g/mol. The van der Waals surface area contributed by atoms with Gasteiger partial charge in [0.25, 0.3) is 5.91 Å². The van der Waals surface area contributed by atoms with E-state index in [2.05, 4.69) is 12.2 Å². The van der Waals surface area contributed by atoms with E-state index in [-0.39, 0.29) is 29.0 Å². The molecule has 2 aliphatic rings. The molecule has 3 rings (SSSR count). The van der Waals surface area contributed by atoms with E-state index in [1.807, 2.05) is 0 Å². The molecular weight excluding hydrogens is 404 g/mol. The van der Waals surface area contributed by atoms with Crippen LogP contribution in [0.4, 0.5) is 0 Å². The average Bonchev–Trinajstić information content (AvgIpc) is 3.04. The van der Waals surface area contributed by atoms with Crippen LogP contribution in [0.15, 0.2) is 29.2 Å². The van der Waals surface area contributed by atoms with E-state index in [0.717, 1.165) is 44.9 Å². The lowest BCUT2D eigenvalue weighted by Crippen LogP contribution is -2.42. The summed E-state index contributed by atoms with van der Waals surface area (Å²) in [6, 6.07) is 5.87. The van der Waals surface area contributed by atoms with Crippen LogP contribution in [0.2, 0.25) is 0 Å². The average molecular weight is 437 g/mol. The zero-order valence-electron chi connectivity index (χ0n) is 17.6. The van der Waals surface area contributed by atoms with Gasteiger partial charge in [0.15, 0.2) is 6.61 Å². The molecule has 1 saturated heterocycles. The van der Waals surface area contributed by atoms with Gasteiger partial charge in [-0.2, -0.15) is 4.31 Å². The number of hydrogen-bond donors (Lipinski definition) is 1. The Morgan fingerprint density at radius 2 is 1.63 bits per heavy atom. The van der Waals surface area contributed by atoms with Crippen molar-refractivity contribution in [2.75, 3.05) is 19.7 Å². The Kier molecular flexibility index (Phi) is 7.88. The highest BCUT2D eigenvalue weighted by atomic mass is 32.2.